The van der Waals surface area contributed by atoms with Crippen LogP contribution in [0.5, 0.6) is 0 Å². The summed E-state index contributed by atoms with van der Waals surface area (Å²) in [5.74, 6) is -0.280. The molecule has 0 radical (unpaired) electrons. The minimum atomic E-state index is -0.533. The van der Waals surface area contributed by atoms with E-state index >= 15 is 0 Å². The van der Waals surface area contributed by atoms with Gasteiger partial charge >= 0.3 is 5.97 Å². The van der Waals surface area contributed by atoms with E-state index in [-0.39, 0.29) is 16.0 Å². The smallest absolute Gasteiger partial charge is 0.338 e. The quantitative estimate of drug-likeness (QED) is 0.519. The van der Waals surface area contributed by atoms with Gasteiger partial charge in [-0.05, 0) is 18.2 Å². The molecule has 0 aromatic heterocycles. The van der Waals surface area contributed by atoms with Crippen LogP contribution in [0, 0.1) is 5.82 Å². The molecule has 0 unspecified atom stereocenters. The maximum Gasteiger partial charge on any atom is 0.338 e. The third-order valence-corrected chi connectivity index (χ3v) is 3.32. The van der Waals surface area contributed by atoms with Gasteiger partial charge in [0.05, 0.1) is 11.3 Å². The number of hydrogen-bond donors (Lipinski definition) is 1. The summed E-state index contributed by atoms with van der Waals surface area (Å²) in [6, 6.07) is 3.81. The molecule has 0 saturated carbocycles. The lowest BCUT2D eigenvalue weighted by Gasteiger charge is -2.17. The molecule has 1 aromatic carbocycles. The molecule has 0 atom stereocenters. The molecule has 0 spiro atoms. The maximum atomic E-state index is 12.9. The number of esters is 1. The maximum absolute atomic E-state index is 12.9. The summed E-state index contributed by atoms with van der Waals surface area (Å²) in [5.41, 5.74) is 5.61. The van der Waals surface area contributed by atoms with Gasteiger partial charge in [0.1, 0.15) is 12.4 Å². The van der Waals surface area contributed by atoms with Gasteiger partial charge in [0.15, 0.2) is 0 Å². The first-order valence-corrected chi connectivity index (χ1v) is 6.64. The molecule has 0 saturated heterocycles. The fraction of sp³-hybridized carbons (Fsp3) is 0.462. The van der Waals surface area contributed by atoms with Gasteiger partial charge in [-0.3, -0.25) is 0 Å². The topological polar surface area (TPSA) is 52.3 Å². The molecular formula is C13H18FNO2S. The monoisotopic (exact) mass is 271 g/mol. The summed E-state index contributed by atoms with van der Waals surface area (Å²) in [6.07, 6.45) is 0. The summed E-state index contributed by atoms with van der Waals surface area (Å²) in [6.45, 7) is 6.62. The SMILES string of the molecule is CC(C)(C)SCCOC(=O)c1ccc(F)c(N)c1. The number of ether oxygens (including phenoxy) is 1. The molecule has 0 aliphatic rings. The summed E-state index contributed by atoms with van der Waals surface area (Å²) >= 11 is 1.71. The number of nitrogen functional groups attached to an aromatic ring is 1. The Labute approximate surface area is 111 Å². The second kappa shape index (κ2) is 6.09. The molecule has 1 rings (SSSR count). The first-order chi connectivity index (χ1) is 8.29. The first kappa shape index (κ1) is 14.8. The third-order valence-electron chi connectivity index (χ3n) is 2.08. The number of hydrogen-bond acceptors (Lipinski definition) is 4. The Balaban J connectivity index is 2.43. The van der Waals surface area contributed by atoms with Crippen molar-refractivity contribution in [1.29, 1.82) is 0 Å². The molecule has 0 fully saturated rings. The normalized spacial score (nSPS) is 11.3. The van der Waals surface area contributed by atoms with Crippen molar-refractivity contribution in [2.24, 2.45) is 0 Å². The van der Waals surface area contributed by atoms with E-state index < -0.39 is 11.8 Å². The van der Waals surface area contributed by atoms with E-state index in [4.69, 9.17) is 10.5 Å². The van der Waals surface area contributed by atoms with Crippen molar-refractivity contribution in [2.45, 2.75) is 25.5 Å². The van der Waals surface area contributed by atoms with Gasteiger partial charge in [0, 0.05) is 10.5 Å². The zero-order valence-corrected chi connectivity index (χ0v) is 11.6. The molecule has 0 amide bonds. The van der Waals surface area contributed by atoms with Gasteiger partial charge in [0.25, 0.3) is 0 Å². The van der Waals surface area contributed by atoms with Crippen LogP contribution in [-0.4, -0.2) is 23.1 Å². The molecule has 0 bridgehead atoms. The van der Waals surface area contributed by atoms with Gasteiger partial charge in [-0.1, -0.05) is 20.8 Å². The van der Waals surface area contributed by atoms with Crippen molar-refractivity contribution in [1.82, 2.24) is 0 Å². The van der Waals surface area contributed by atoms with Crippen LogP contribution in [0.2, 0.25) is 0 Å². The molecule has 2 N–H and O–H groups in total. The lowest BCUT2D eigenvalue weighted by Crippen LogP contribution is -2.13. The highest BCUT2D eigenvalue weighted by atomic mass is 32.2. The number of halogens is 1. The van der Waals surface area contributed by atoms with E-state index in [1.807, 2.05) is 0 Å². The second-order valence-electron chi connectivity index (χ2n) is 4.83. The van der Waals surface area contributed by atoms with Crippen LogP contribution >= 0.6 is 11.8 Å². The van der Waals surface area contributed by atoms with Crippen molar-refractivity contribution in [3.63, 3.8) is 0 Å². The largest absolute Gasteiger partial charge is 0.461 e. The Morgan fingerprint density at radius 2 is 2.11 bits per heavy atom. The van der Waals surface area contributed by atoms with Crippen LogP contribution < -0.4 is 5.73 Å². The van der Waals surface area contributed by atoms with Crippen LogP contribution in [-0.2, 0) is 4.74 Å². The van der Waals surface area contributed by atoms with Crippen LogP contribution in [0.4, 0.5) is 10.1 Å². The predicted molar refractivity (Wildman–Crippen MR) is 73.3 cm³/mol. The predicted octanol–water partition coefficient (Wildman–Crippen LogP) is 3.10. The van der Waals surface area contributed by atoms with Gasteiger partial charge in [-0.25, -0.2) is 9.18 Å². The van der Waals surface area contributed by atoms with Crippen molar-refractivity contribution < 1.29 is 13.9 Å². The zero-order valence-electron chi connectivity index (χ0n) is 10.8. The highest BCUT2D eigenvalue weighted by Gasteiger charge is 2.12. The molecule has 5 heteroatoms. The lowest BCUT2D eigenvalue weighted by atomic mass is 10.2. The van der Waals surface area contributed by atoms with Gasteiger partial charge < -0.3 is 10.5 Å². The van der Waals surface area contributed by atoms with E-state index in [1.54, 1.807) is 11.8 Å². The van der Waals surface area contributed by atoms with Gasteiger partial charge in [-0.15, -0.1) is 0 Å². The first-order valence-electron chi connectivity index (χ1n) is 5.66. The lowest BCUT2D eigenvalue weighted by molar-refractivity contribution is 0.0530. The number of carbonyl (C=O) groups is 1. The van der Waals surface area contributed by atoms with Crippen LogP contribution in [0.25, 0.3) is 0 Å². The number of nitrogens with two attached hydrogens (primary N) is 1. The number of carbonyl (C=O) groups excluding carboxylic acids is 1. The molecule has 0 aliphatic heterocycles. The van der Waals surface area contributed by atoms with E-state index in [1.165, 1.54) is 12.1 Å². The van der Waals surface area contributed by atoms with Crippen molar-refractivity contribution in [3.8, 4) is 0 Å². The summed E-state index contributed by atoms with van der Waals surface area (Å²) < 4.78 is 18.1. The average Bonchev–Trinajstić information content (AvgIpc) is 2.26. The van der Waals surface area contributed by atoms with Crippen LogP contribution in [0.3, 0.4) is 0 Å². The number of benzene rings is 1. The molecular weight excluding hydrogens is 253 g/mol. The zero-order chi connectivity index (χ0) is 13.8. The summed E-state index contributed by atoms with van der Waals surface area (Å²) in [7, 11) is 0. The third kappa shape index (κ3) is 4.96. The van der Waals surface area contributed by atoms with E-state index in [9.17, 15) is 9.18 Å². The Bertz CT molecular complexity index is 429. The molecule has 1 aromatic rings. The molecule has 0 aliphatic carbocycles. The number of rotatable bonds is 4. The Kier molecular flexibility index (Phi) is 5.02. The van der Waals surface area contributed by atoms with Gasteiger partial charge in [-0.2, -0.15) is 11.8 Å². The van der Waals surface area contributed by atoms with E-state index in [0.717, 1.165) is 11.8 Å². The molecule has 0 heterocycles. The highest BCUT2D eigenvalue weighted by Crippen LogP contribution is 2.22. The molecule has 3 nitrogen and oxygen atoms in total. The summed E-state index contributed by atoms with van der Waals surface area (Å²) in [5, 5.41) is 0. The Morgan fingerprint density at radius 3 is 2.67 bits per heavy atom. The Hall–Kier alpha value is -1.23. The minimum Gasteiger partial charge on any atom is -0.461 e. The summed E-state index contributed by atoms with van der Waals surface area (Å²) in [4.78, 5) is 11.6. The fourth-order valence-electron chi connectivity index (χ4n) is 1.24. The van der Waals surface area contributed by atoms with Crippen LogP contribution in [0.1, 0.15) is 31.1 Å². The van der Waals surface area contributed by atoms with E-state index in [0.29, 0.717) is 6.61 Å². The van der Waals surface area contributed by atoms with E-state index in [2.05, 4.69) is 20.8 Å². The minimum absolute atomic E-state index is 0.0477. The van der Waals surface area contributed by atoms with Crippen LogP contribution in [0.15, 0.2) is 18.2 Å². The standard InChI is InChI=1S/C13H18FNO2S/c1-13(2,3)18-7-6-17-12(16)9-4-5-10(14)11(15)8-9/h4-5,8H,6-7,15H2,1-3H3. The van der Waals surface area contributed by atoms with Gasteiger partial charge in [0.2, 0.25) is 0 Å². The van der Waals surface area contributed by atoms with Crippen molar-refractivity contribution >= 4 is 23.4 Å². The number of thioether (sulfide) groups is 1. The number of anilines is 1. The average molecular weight is 271 g/mol. The highest BCUT2D eigenvalue weighted by molar-refractivity contribution is 8.00. The van der Waals surface area contributed by atoms with Crippen molar-refractivity contribution in [2.75, 3.05) is 18.1 Å². The van der Waals surface area contributed by atoms with Crippen molar-refractivity contribution in [3.05, 3.63) is 29.6 Å². The fourth-order valence-corrected chi connectivity index (χ4v) is 2.02. The second-order valence-corrected chi connectivity index (χ2v) is 6.75. The molecule has 18 heavy (non-hydrogen) atoms. The molecule has 100 valence electrons. The Morgan fingerprint density at radius 1 is 1.44 bits per heavy atom.